The Balaban J connectivity index is 1.82. The van der Waals surface area contributed by atoms with Gasteiger partial charge in [-0.3, -0.25) is 4.99 Å². The van der Waals surface area contributed by atoms with E-state index in [9.17, 15) is 4.79 Å². The number of furan rings is 1. The Bertz CT molecular complexity index is 696. The highest BCUT2D eigenvalue weighted by Gasteiger charge is 2.09. The molecule has 0 spiro atoms. The van der Waals surface area contributed by atoms with E-state index in [-0.39, 0.29) is 12.6 Å². The third-order valence-electron chi connectivity index (χ3n) is 3.40. The highest BCUT2D eigenvalue weighted by molar-refractivity contribution is 7.14. The zero-order valence-electron chi connectivity index (χ0n) is 14.2. The maximum absolute atomic E-state index is 10.7. The molecule has 0 saturated heterocycles. The van der Waals surface area contributed by atoms with Gasteiger partial charge in [0.25, 0.3) is 0 Å². The van der Waals surface area contributed by atoms with Gasteiger partial charge in [0.1, 0.15) is 11.5 Å². The van der Waals surface area contributed by atoms with Gasteiger partial charge in [-0.15, -0.1) is 11.3 Å². The van der Waals surface area contributed by atoms with Crippen LogP contribution in [0.1, 0.15) is 31.9 Å². The van der Waals surface area contributed by atoms with Crippen LogP contribution in [-0.2, 0) is 6.54 Å². The highest BCUT2D eigenvalue weighted by atomic mass is 32.1. The van der Waals surface area contributed by atoms with Gasteiger partial charge in [-0.1, -0.05) is 19.8 Å². The number of primary amides is 1. The number of urea groups is 1. The molecule has 0 aliphatic carbocycles. The van der Waals surface area contributed by atoms with E-state index in [4.69, 9.17) is 15.9 Å². The lowest BCUT2D eigenvalue weighted by molar-refractivity contribution is 0.247. The summed E-state index contributed by atoms with van der Waals surface area (Å²) in [7, 11) is 0. The summed E-state index contributed by atoms with van der Waals surface area (Å²) in [5.41, 5.74) is 11.7. The molecular weight excluding hydrogens is 340 g/mol. The molecule has 1 unspecified atom stereocenters. The average Bonchev–Trinajstić information content (AvgIpc) is 3.24. The summed E-state index contributed by atoms with van der Waals surface area (Å²) in [6, 6.07) is 3.08. The van der Waals surface area contributed by atoms with Gasteiger partial charge in [-0.05, 0) is 18.6 Å². The van der Waals surface area contributed by atoms with Crippen LogP contribution in [0.4, 0.5) is 9.93 Å². The Morgan fingerprint density at radius 2 is 2.36 bits per heavy atom. The predicted octanol–water partition coefficient (Wildman–Crippen LogP) is 2.53. The zero-order valence-corrected chi connectivity index (χ0v) is 15.0. The van der Waals surface area contributed by atoms with E-state index in [1.54, 1.807) is 18.5 Å². The average molecular weight is 364 g/mol. The normalized spacial score (nSPS) is 12.4. The van der Waals surface area contributed by atoms with Crippen LogP contribution in [0.2, 0.25) is 0 Å². The summed E-state index contributed by atoms with van der Waals surface area (Å²) >= 11 is 1.45. The van der Waals surface area contributed by atoms with Crippen molar-refractivity contribution in [1.82, 2.24) is 10.3 Å². The molecule has 0 bridgehead atoms. The largest absolute Gasteiger partial charge is 0.458 e. The molecule has 0 saturated carbocycles. The Hall–Kier alpha value is -2.39. The number of hydrogen-bond donors (Lipinski definition) is 4. The van der Waals surface area contributed by atoms with Crippen molar-refractivity contribution in [2.45, 2.75) is 38.8 Å². The third-order valence-corrected chi connectivity index (χ3v) is 4.18. The number of thiazole rings is 1. The summed E-state index contributed by atoms with van der Waals surface area (Å²) in [6.07, 6.45) is 4.88. The molecule has 2 aromatic rings. The van der Waals surface area contributed by atoms with Crippen molar-refractivity contribution in [1.29, 1.82) is 0 Å². The number of carbonyl (C=O) groups excluding carboxylic acids is 1. The number of amides is 2. The van der Waals surface area contributed by atoms with E-state index in [2.05, 4.69) is 27.5 Å². The van der Waals surface area contributed by atoms with Crippen LogP contribution in [0, 0.1) is 0 Å². The Morgan fingerprint density at radius 3 is 3.12 bits per heavy atom. The van der Waals surface area contributed by atoms with Crippen LogP contribution in [0.3, 0.4) is 0 Å². The second-order valence-corrected chi connectivity index (χ2v) is 6.42. The molecule has 2 amide bonds. The molecule has 2 aromatic heterocycles. The van der Waals surface area contributed by atoms with E-state index in [1.165, 1.54) is 11.3 Å². The number of anilines is 1. The van der Waals surface area contributed by atoms with Gasteiger partial charge in [-0.25, -0.2) is 9.78 Å². The van der Waals surface area contributed by atoms with Crippen molar-refractivity contribution in [2.24, 2.45) is 16.5 Å². The van der Waals surface area contributed by atoms with Crippen LogP contribution in [-0.4, -0.2) is 29.9 Å². The minimum Gasteiger partial charge on any atom is -0.458 e. The van der Waals surface area contributed by atoms with Crippen molar-refractivity contribution in [3.8, 4) is 11.5 Å². The van der Waals surface area contributed by atoms with Crippen molar-refractivity contribution in [2.75, 3.05) is 11.9 Å². The molecular formula is C16H24N6O2S. The molecule has 0 aliphatic heterocycles. The molecule has 2 heterocycles. The van der Waals surface area contributed by atoms with Gasteiger partial charge >= 0.3 is 6.03 Å². The van der Waals surface area contributed by atoms with Crippen molar-refractivity contribution in [3.63, 3.8) is 0 Å². The number of rotatable bonds is 10. The van der Waals surface area contributed by atoms with Gasteiger partial charge < -0.3 is 26.5 Å². The first kappa shape index (κ1) is 18.9. The second kappa shape index (κ2) is 9.80. The summed E-state index contributed by atoms with van der Waals surface area (Å²) in [5, 5.41) is 8.11. The van der Waals surface area contributed by atoms with E-state index in [0.29, 0.717) is 28.9 Å². The van der Waals surface area contributed by atoms with Gasteiger partial charge in [0.05, 0.1) is 19.4 Å². The lowest BCUT2D eigenvalue weighted by Gasteiger charge is -2.06. The first-order valence-corrected chi connectivity index (χ1v) is 9.04. The summed E-state index contributed by atoms with van der Waals surface area (Å²) in [4.78, 5) is 19.4. The van der Waals surface area contributed by atoms with E-state index in [0.717, 1.165) is 19.3 Å². The number of aliphatic imine (C=N–C) groups is 1. The molecule has 25 heavy (non-hydrogen) atoms. The quantitative estimate of drug-likeness (QED) is 0.380. The predicted molar refractivity (Wildman–Crippen MR) is 101 cm³/mol. The number of aromatic nitrogens is 1. The number of nitrogens with two attached hydrogens (primary N) is 2. The van der Waals surface area contributed by atoms with E-state index >= 15 is 0 Å². The topological polar surface area (TPSA) is 132 Å². The number of nitrogens with one attached hydrogen (secondary N) is 2. The minimum atomic E-state index is -0.591. The fourth-order valence-electron chi connectivity index (χ4n) is 2.08. The lowest BCUT2D eigenvalue weighted by Crippen LogP contribution is -2.28. The Kier molecular flexibility index (Phi) is 7.42. The Labute approximate surface area is 150 Å². The fourth-order valence-corrected chi connectivity index (χ4v) is 2.75. The summed E-state index contributed by atoms with van der Waals surface area (Å²) in [6.45, 7) is 2.99. The molecule has 0 fully saturated rings. The van der Waals surface area contributed by atoms with Crippen LogP contribution in [0.5, 0.6) is 0 Å². The summed E-state index contributed by atoms with van der Waals surface area (Å²) in [5.74, 6) is 1.24. The van der Waals surface area contributed by atoms with Gasteiger partial charge in [0.15, 0.2) is 10.9 Å². The van der Waals surface area contributed by atoms with Crippen LogP contribution < -0.4 is 22.1 Å². The summed E-state index contributed by atoms with van der Waals surface area (Å²) < 4.78 is 5.62. The number of hydrogen-bond acceptors (Lipinski definition) is 6. The monoisotopic (exact) mass is 364 g/mol. The van der Waals surface area contributed by atoms with Crippen LogP contribution >= 0.6 is 11.3 Å². The fraction of sp³-hybridized carbons (Fsp3) is 0.438. The molecule has 136 valence electrons. The first-order valence-electron chi connectivity index (χ1n) is 8.16. The minimum absolute atomic E-state index is 0.0976. The Morgan fingerprint density at radius 1 is 1.52 bits per heavy atom. The number of carbonyl (C=O) groups is 1. The number of nitrogens with zero attached hydrogens (tertiary/aromatic N) is 2. The van der Waals surface area contributed by atoms with Gasteiger partial charge in [-0.2, -0.15) is 0 Å². The molecule has 6 N–H and O–H groups in total. The van der Waals surface area contributed by atoms with E-state index < -0.39 is 6.03 Å². The lowest BCUT2D eigenvalue weighted by atomic mass is 10.1. The molecule has 9 heteroatoms. The van der Waals surface area contributed by atoms with E-state index in [1.807, 2.05) is 5.38 Å². The smallest absolute Gasteiger partial charge is 0.312 e. The SMILES string of the molecule is CCCCC(N)CN=CNc1nc(-c2ccc(CNC(N)=O)o2)cs1. The van der Waals surface area contributed by atoms with Crippen molar-refractivity contribution in [3.05, 3.63) is 23.3 Å². The molecule has 0 aromatic carbocycles. The van der Waals surface area contributed by atoms with Crippen molar-refractivity contribution < 1.29 is 9.21 Å². The molecule has 8 nitrogen and oxygen atoms in total. The maximum Gasteiger partial charge on any atom is 0.312 e. The molecule has 0 radical (unpaired) electrons. The molecule has 2 rings (SSSR count). The molecule has 1 atom stereocenters. The van der Waals surface area contributed by atoms with Gasteiger partial charge in [0, 0.05) is 11.4 Å². The maximum atomic E-state index is 10.7. The second-order valence-electron chi connectivity index (χ2n) is 5.56. The van der Waals surface area contributed by atoms with Crippen LogP contribution in [0.15, 0.2) is 26.9 Å². The zero-order chi connectivity index (χ0) is 18.1. The first-order chi connectivity index (χ1) is 12.1. The highest BCUT2D eigenvalue weighted by Crippen LogP contribution is 2.26. The molecule has 0 aliphatic rings. The third kappa shape index (κ3) is 6.55. The standard InChI is InChI=1S/C16H24N6O2S/c1-2-3-4-11(17)7-19-10-21-16-22-13(9-25-16)14-6-5-12(24-14)8-20-15(18)23/h5-6,9-11H,2-4,7-8,17H2,1H3,(H3,18,20,23)(H,19,21,22). The van der Waals surface area contributed by atoms with Gasteiger partial charge in [0.2, 0.25) is 0 Å². The number of unbranched alkanes of at least 4 members (excludes halogenated alkanes) is 1. The van der Waals surface area contributed by atoms with Crippen LogP contribution in [0.25, 0.3) is 11.5 Å². The van der Waals surface area contributed by atoms with Crippen molar-refractivity contribution >= 4 is 28.8 Å².